The van der Waals surface area contributed by atoms with Crippen LogP contribution in [0, 0.1) is 0 Å². The van der Waals surface area contributed by atoms with E-state index >= 15 is 0 Å². The number of aliphatic hydroxyl groups excluding tert-OH is 1. The Bertz CT molecular complexity index is 203. The van der Waals surface area contributed by atoms with Crippen LogP contribution in [0.5, 0.6) is 0 Å². The Balaban J connectivity index is 4.15. The number of nitrogens with zero attached hydrogens (tertiary/aromatic N) is 1. The lowest BCUT2D eigenvalue weighted by atomic mass is 10.1. The van der Waals surface area contributed by atoms with Crippen molar-refractivity contribution in [3.8, 4) is 0 Å². The molecule has 0 aliphatic carbocycles. The number of halogens is 2. The number of hydrogen-bond acceptors (Lipinski definition) is 3. The van der Waals surface area contributed by atoms with E-state index in [9.17, 15) is 13.6 Å². The summed E-state index contributed by atoms with van der Waals surface area (Å²) in [6.45, 7) is 0.913. The summed E-state index contributed by atoms with van der Waals surface area (Å²) in [6.07, 6.45) is -0.991. The second-order valence-corrected chi connectivity index (χ2v) is 3.71. The first-order valence-corrected chi connectivity index (χ1v) is 5.43. The monoisotopic (exact) mass is 238 g/mol. The van der Waals surface area contributed by atoms with Gasteiger partial charge in [0.2, 0.25) is 5.91 Å². The van der Waals surface area contributed by atoms with Crippen molar-refractivity contribution in [1.29, 1.82) is 0 Å². The van der Waals surface area contributed by atoms with Crippen LogP contribution in [0.15, 0.2) is 0 Å². The molecule has 0 fully saturated rings. The zero-order chi connectivity index (χ0) is 12.6. The van der Waals surface area contributed by atoms with Gasteiger partial charge in [0.15, 0.2) is 0 Å². The van der Waals surface area contributed by atoms with Crippen LogP contribution in [0.3, 0.4) is 0 Å². The van der Waals surface area contributed by atoms with Crippen molar-refractivity contribution in [3.63, 3.8) is 0 Å². The van der Waals surface area contributed by atoms with Crippen molar-refractivity contribution in [2.75, 3.05) is 19.7 Å². The quantitative estimate of drug-likeness (QED) is 0.650. The van der Waals surface area contributed by atoms with E-state index in [4.69, 9.17) is 10.8 Å². The summed E-state index contributed by atoms with van der Waals surface area (Å²) in [5.74, 6) is -0.421. The Hall–Kier alpha value is -0.750. The van der Waals surface area contributed by atoms with Gasteiger partial charge in [0.05, 0.1) is 13.2 Å². The molecule has 6 heteroatoms. The Morgan fingerprint density at radius 3 is 2.56 bits per heavy atom. The maximum Gasteiger partial charge on any atom is 0.255 e. The van der Waals surface area contributed by atoms with Gasteiger partial charge in [0.1, 0.15) is 0 Å². The highest BCUT2D eigenvalue weighted by atomic mass is 19.3. The van der Waals surface area contributed by atoms with Gasteiger partial charge in [-0.2, -0.15) is 0 Å². The van der Waals surface area contributed by atoms with Gasteiger partial charge in [-0.05, 0) is 6.42 Å². The highest BCUT2D eigenvalue weighted by molar-refractivity contribution is 5.76. The Labute approximate surface area is 94.4 Å². The molecule has 0 aliphatic heterocycles. The van der Waals surface area contributed by atoms with Gasteiger partial charge in [-0.15, -0.1) is 0 Å². The molecular formula is C10H20F2N2O2. The van der Waals surface area contributed by atoms with E-state index in [1.807, 2.05) is 6.92 Å². The van der Waals surface area contributed by atoms with Crippen LogP contribution in [-0.4, -0.2) is 48.1 Å². The first-order valence-electron chi connectivity index (χ1n) is 5.43. The molecule has 1 atom stereocenters. The van der Waals surface area contributed by atoms with E-state index in [1.54, 1.807) is 0 Å². The van der Waals surface area contributed by atoms with Gasteiger partial charge in [0.25, 0.3) is 6.43 Å². The summed E-state index contributed by atoms with van der Waals surface area (Å²) in [4.78, 5) is 12.5. The lowest BCUT2D eigenvalue weighted by Crippen LogP contribution is -2.40. The Morgan fingerprint density at radius 1 is 1.50 bits per heavy atom. The molecule has 0 saturated carbocycles. The average molecular weight is 238 g/mol. The number of rotatable bonds is 8. The van der Waals surface area contributed by atoms with Crippen molar-refractivity contribution >= 4 is 5.91 Å². The molecule has 0 spiro atoms. The van der Waals surface area contributed by atoms with Gasteiger partial charge in [-0.1, -0.05) is 13.3 Å². The molecule has 0 saturated heterocycles. The van der Waals surface area contributed by atoms with Gasteiger partial charge in [-0.3, -0.25) is 4.79 Å². The third kappa shape index (κ3) is 6.68. The normalized spacial score (nSPS) is 12.9. The standard InChI is InChI=1S/C10H20F2N2O2/c1-2-3-8(13)6-10(16)14(4-5-15)7-9(11)12/h8-9,15H,2-7,13H2,1H3. The van der Waals surface area contributed by atoms with Crippen LogP contribution in [0.4, 0.5) is 8.78 Å². The van der Waals surface area contributed by atoms with Gasteiger partial charge >= 0.3 is 0 Å². The van der Waals surface area contributed by atoms with E-state index in [1.165, 1.54) is 0 Å². The molecule has 96 valence electrons. The minimum Gasteiger partial charge on any atom is -0.395 e. The molecule has 0 rings (SSSR count). The molecule has 0 aromatic carbocycles. The van der Waals surface area contributed by atoms with E-state index in [-0.39, 0.29) is 25.6 Å². The Kier molecular flexibility index (Phi) is 8.01. The number of hydrogen-bond donors (Lipinski definition) is 2. The van der Waals surface area contributed by atoms with Gasteiger partial charge in [-0.25, -0.2) is 8.78 Å². The largest absolute Gasteiger partial charge is 0.395 e. The van der Waals surface area contributed by atoms with Crippen molar-refractivity contribution in [1.82, 2.24) is 4.90 Å². The van der Waals surface area contributed by atoms with Crippen LogP contribution in [0.1, 0.15) is 26.2 Å². The minimum atomic E-state index is -2.59. The van der Waals surface area contributed by atoms with Gasteiger partial charge in [0, 0.05) is 19.0 Å². The topological polar surface area (TPSA) is 66.6 Å². The first kappa shape index (κ1) is 15.2. The zero-order valence-corrected chi connectivity index (χ0v) is 9.53. The van der Waals surface area contributed by atoms with Crippen LogP contribution in [0.25, 0.3) is 0 Å². The minimum absolute atomic E-state index is 0.0561. The summed E-state index contributed by atoms with van der Waals surface area (Å²) in [5.41, 5.74) is 5.65. The molecule has 1 amide bonds. The number of carbonyl (C=O) groups excluding carboxylic acids is 1. The molecule has 16 heavy (non-hydrogen) atoms. The number of carbonyl (C=O) groups is 1. The zero-order valence-electron chi connectivity index (χ0n) is 9.53. The third-order valence-electron chi connectivity index (χ3n) is 2.18. The number of aliphatic hydroxyl groups is 1. The molecule has 1 unspecified atom stereocenters. The molecular weight excluding hydrogens is 218 g/mol. The second kappa shape index (κ2) is 8.41. The lowest BCUT2D eigenvalue weighted by molar-refractivity contribution is -0.134. The van der Waals surface area contributed by atoms with Crippen LogP contribution < -0.4 is 5.73 Å². The predicted molar refractivity (Wildman–Crippen MR) is 57.2 cm³/mol. The molecule has 0 heterocycles. The summed E-state index contributed by atoms with van der Waals surface area (Å²) in [7, 11) is 0. The molecule has 0 aromatic heterocycles. The SMILES string of the molecule is CCCC(N)CC(=O)N(CCO)CC(F)F. The highest BCUT2D eigenvalue weighted by Gasteiger charge is 2.19. The second-order valence-electron chi connectivity index (χ2n) is 3.71. The molecule has 0 bridgehead atoms. The molecule has 0 aromatic rings. The summed E-state index contributed by atoms with van der Waals surface area (Å²) >= 11 is 0. The molecule has 0 radical (unpaired) electrons. The molecule has 3 N–H and O–H groups in total. The first-order chi connectivity index (χ1) is 7.51. The Morgan fingerprint density at radius 2 is 2.12 bits per heavy atom. The summed E-state index contributed by atoms with van der Waals surface area (Å²) in [6, 6.07) is -0.295. The predicted octanol–water partition coefficient (Wildman–Crippen LogP) is 0.590. The fraction of sp³-hybridized carbons (Fsp3) is 0.900. The van der Waals surface area contributed by atoms with Crippen molar-refractivity contribution in [3.05, 3.63) is 0 Å². The average Bonchev–Trinajstić information content (AvgIpc) is 2.16. The van der Waals surface area contributed by atoms with E-state index < -0.39 is 18.9 Å². The van der Waals surface area contributed by atoms with Crippen molar-refractivity contribution in [2.24, 2.45) is 5.73 Å². The maximum atomic E-state index is 12.1. The fourth-order valence-electron chi connectivity index (χ4n) is 1.43. The third-order valence-corrected chi connectivity index (χ3v) is 2.18. The fourth-order valence-corrected chi connectivity index (χ4v) is 1.43. The maximum absolute atomic E-state index is 12.1. The van der Waals surface area contributed by atoms with Crippen molar-refractivity contribution < 1.29 is 18.7 Å². The van der Waals surface area contributed by atoms with Crippen LogP contribution >= 0.6 is 0 Å². The van der Waals surface area contributed by atoms with E-state index in [0.717, 1.165) is 11.3 Å². The number of nitrogens with two attached hydrogens (primary N) is 1. The van der Waals surface area contributed by atoms with Crippen LogP contribution in [-0.2, 0) is 4.79 Å². The van der Waals surface area contributed by atoms with E-state index in [0.29, 0.717) is 6.42 Å². The summed E-state index contributed by atoms with van der Waals surface area (Å²) < 4.78 is 24.3. The number of alkyl halides is 2. The van der Waals surface area contributed by atoms with E-state index in [2.05, 4.69) is 0 Å². The highest BCUT2D eigenvalue weighted by Crippen LogP contribution is 2.05. The number of amides is 1. The smallest absolute Gasteiger partial charge is 0.255 e. The van der Waals surface area contributed by atoms with Crippen molar-refractivity contribution in [2.45, 2.75) is 38.7 Å². The van der Waals surface area contributed by atoms with Crippen LogP contribution in [0.2, 0.25) is 0 Å². The molecule has 4 nitrogen and oxygen atoms in total. The van der Waals surface area contributed by atoms with Gasteiger partial charge < -0.3 is 15.7 Å². The lowest BCUT2D eigenvalue weighted by Gasteiger charge is -2.22. The summed E-state index contributed by atoms with van der Waals surface area (Å²) in [5, 5.41) is 8.67. The molecule has 0 aliphatic rings.